The second kappa shape index (κ2) is 10.9. The molecule has 152 valence electrons. The number of carbonyl (C=O) groups is 1. The van der Waals surface area contributed by atoms with E-state index in [0.29, 0.717) is 13.1 Å². The molecule has 0 aliphatic carbocycles. The summed E-state index contributed by atoms with van der Waals surface area (Å²) in [7, 11) is 3.25. The maximum Gasteiger partial charge on any atom is 0.292 e. The number of rotatable bonds is 6. The number of carbonyl (C=O) groups excluding carboxylic acids is 1. The van der Waals surface area contributed by atoms with Crippen molar-refractivity contribution in [2.75, 3.05) is 19.5 Å². The number of aromatic nitrogens is 1. The Kier molecular flexibility index (Phi) is 8.22. The monoisotopic (exact) mass is 392 g/mol. The van der Waals surface area contributed by atoms with E-state index < -0.39 is 0 Å². The maximum atomic E-state index is 8.95. The molecule has 3 rings (SSSR count). The van der Waals surface area contributed by atoms with Crippen LogP contribution in [-0.2, 0) is 16.1 Å². The number of nitrogens with zero attached hydrogens (tertiary/aromatic N) is 1. The van der Waals surface area contributed by atoms with Crippen molar-refractivity contribution in [2.45, 2.75) is 27.4 Å². The van der Waals surface area contributed by atoms with Crippen LogP contribution in [0.1, 0.15) is 22.4 Å². The van der Waals surface area contributed by atoms with Crippen LogP contribution in [0.15, 0.2) is 54.6 Å². The van der Waals surface area contributed by atoms with Gasteiger partial charge in [0, 0.05) is 29.6 Å². The van der Waals surface area contributed by atoms with E-state index in [1.165, 1.54) is 18.2 Å². The Morgan fingerprint density at radius 3 is 2.34 bits per heavy atom. The van der Waals surface area contributed by atoms with Crippen molar-refractivity contribution in [3.8, 4) is 17.0 Å². The minimum absolute atomic E-state index is 0.375. The number of ether oxygens (including phenoxy) is 2. The van der Waals surface area contributed by atoms with Crippen LogP contribution in [0.25, 0.3) is 11.3 Å². The van der Waals surface area contributed by atoms with Gasteiger partial charge in [-0.2, -0.15) is 0 Å². The van der Waals surface area contributed by atoms with Gasteiger partial charge in [0.1, 0.15) is 12.4 Å². The third-order valence-electron chi connectivity index (χ3n) is 4.51. The molecule has 5 nitrogen and oxygen atoms in total. The number of aryl methyl sites for hydroxylation is 3. The van der Waals surface area contributed by atoms with Gasteiger partial charge < -0.3 is 14.8 Å². The van der Waals surface area contributed by atoms with Gasteiger partial charge in [-0.15, -0.1) is 0 Å². The second-order valence-corrected chi connectivity index (χ2v) is 6.62. The number of pyridine rings is 1. The highest BCUT2D eigenvalue weighted by atomic mass is 16.5. The first-order valence-electron chi connectivity index (χ1n) is 9.40. The number of methoxy groups -OCH3 is 1. The van der Waals surface area contributed by atoms with E-state index in [9.17, 15) is 0 Å². The van der Waals surface area contributed by atoms with E-state index in [1.807, 2.05) is 38.2 Å². The average Bonchev–Trinajstić information content (AvgIpc) is 2.73. The molecule has 3 aromatic rings. The smallest absolute Gasteiger partial charge is 0.292 e. The highest BCUT2D eigenvalue weighted by molar-refractivity contribution is 5.62. The Hall–Kier alpha value is -3.34. The third kappa shape index (κ3) is 6.07. The van der Waals surface area contributed by atoms with Crippen LogP contribution in [0, 0.1) is 20.8 Å². The first-order chi connectivity index (χ1) is 14.0. The number of nitrogens with one attached hydrogen (secondary N) is 1. The summed E-state index contributed by atoms with van der Waals surface area (Å²) in [5.41, 5.74) is 7.76. The van der Waals surface area contributed by atoms with Gasteiger partial charge in [-0.25, -0.2) is 0 Å². The lowest BCUT2D eigenvalue weighted by Crippen LogP contribution is -2.03. The van der Waals surface area contributed by atoms with Crippen LogP contribution in [0.2, 0.25) is 0 Å². The molecule has 1 N–H and O–H groups in total. The van der Waals surface area contributed by atoms with Gasteiger partial charge in [0.2, 0.25) is 0 Å². The fourth-order valence-corrected chi connectivity index (χ4v) is 2.95. The van der Waals surface area contributed by atoms with E-state index in [-0.39, 0.29) is 0 Å². The molecule has 0 aliphatic heterocycles. The molecule has 5 heteroatoms. The van der Waals surface area contributed by atoms with Gasteiger partial charge in [-0.05, 0) is 68.3 Å². The van der Waals surface area contributed by atoms with Gasteiger partial charge in [0.05, 0.1) is 12.8 Å². The molecule has 0 aliphatic rings. The van der Waals surface area contributed by atoms with Crippen molar-refractivity contribution in [3.63, 3.8) is 0 Å². The predicted octanol–water partition coefficient (Wildman–Crippen LogP) is 5.08. The summed E-state index contributed by atoms with van der Waals surface area (Å²) >= 11 is 0. The van der Waals surface area contributed by atoms with Crippen molar-refractivity contribution in [3.05, 3.63) is 77.0 Å². The zero-order valence-corrected chi connectivity index (χ0v) is 17.7. The van der Waals surface area contributed by atoms with Gasteiger partial charge in [-0.1, -0.05) is 18.2 Å². The third-order valence-corrected chi connectivity index (χ3v) is 4.51. The number of benzene rings is 2. The number of hydrogen-bond acceptors (Lipinski definition) is 5. The molecule has 0 radical (unpaired) electrons. The first kappa shape index (κ1) is 22.0. The molecule has 0 spiro atoms. The molecule has 0 fully saturated rings. The normalized spacial score (nSPS) is 9.83. The molecule has 0 amide bonds. The summed E-state index contributed by atoms with van der Waals surface area (Å²) in [5.74, 6) is 0.904. The van der Waals surface area contributed by atoms with E-state index in [0.717, 1.165) is 34.0 Å². The molecule has 0 saturated heterocycles. The standard InChI is InChI=1S/C22H24N2O.C2H4O2/c1-15-7-5-10-21(23-4)19(15)14-25-22-12-11-18(13-16(22)2)20-9-6-8-17(3)24-20;1-4-2-3/h5-13,23H,14H2,1-4H3;2H,1H3. The molecule has 0 atom stereocenters. The van der Waals surface area contributed by atoms with Crippen molar-refractivity contribution < 1.29 is 14.3 Å². The lowest BCUT2D eigenvalue weighted by Gasteiger charge is -2.15. The molecule has 1 aromatic heterocycles. The quantitative estimate of drug-likeness (QED) is 0.593. The number of anilines is 1. The van der Waals surface area contributed by atoms with Crippen LogP contribution in [0.3, 0.4) is 0 Å². The second-order valence-electron chi connectivity index (χ2n) is 6.62. The van der Waals surface area contributed by atoms with Gasteiger partial charge in [-0.3, -0.25) is 9.78 Å². The van der Waals surface area contributed by atoms with E-state index in [4.69, 9.17) is 9.53 Å². The molecule has 0 bridgehead atoms. The summed E-state index contributed by atoms with van der Waals surface area (Å²) in [6.07, 6.45) is 0. The fraction of sp³-hybridized carbons (Fsp3) is 0.250. The Morgan fingerprint density at radius 1 is 1.00 bits per heavy atom. The summed E-state index contributed by atoms with van der Waals surface area (Å²) in [6.45, 7) is 7.12. The number of hydrogen-bond donors (Lipinski definition) is 1. The van der Waals surface area contributed by atoms with Crippen LogP contribution in [0.5, 0.6) is 5.75 Å². The highest BCUT2D eigenvalue weighted by Crippen LogP contribution is 2.27. The molecule has 1 heterocycles. The highest BCUT2D eigenvalue weighted by Gasteiger charge is 2.08. The van der Waals surface area contributed by atoms with E-state index in [2.05, 4.69) is 59.2 Å². The minimum atomic E-state index is 0.375. The fourth-order valence-electron chi connectivity index (χ4n) is 2.95. The summed E-state index contributed by atoms with van der Waals surface area (Å²) < 4.78 is 9.96. The van der Waals surface area contributed by atoms with Gasteiger partial charge in [0.15, 0.2) is 0 Å². The average molecular weight is 392 g/mol. The summed E-state index contributed by atoms with van der Waals surface area (Å²) in [4.78, 5) is 13.5. The molecular weight excluding hydrogens is 364 g/mol. The van der Waals surface area contributed by atoms with Crippen molar-refractivity contribution >= 4 is 12.2 Å². The largest absolute Gasteiger partial charge is 0.489 e. The van der Waals surface area contributed by atoms with Crippen LogP contribution in [-0.4, -0.2) is 25.6 Å². The zero-order valence-electron chi connectivity index (χ0n) is 17.7. The van der Waals surface area contributed by atoms with Crippen LogP contribution < -0.4 is 10.1 Å². The van der Waals surface area contributed by atoms with Gasteiger partial charge >= 0.3 is 0 Å². The van der Waals surface area contributed by atoms with Crippen molar-refractivity contribution in [1.82, 2.24) is 4.98 Å². The molecular formula is C24H28N2O3. The molecule has 0 saturated carbocycles. The van der Waals surface area contributed by atoms with E-state index in [1.54, 1.807) is 0 Å². The lowest BCUT2D eigenvalue weighted by molar-refractivity contribution is -0.126. The van der Waals surface area contributed by atoms with E-state index >= 15 is 0 Å². The minimum Gasteiger partial charge on any atom is -0.489 e. The Morgan fingerprint density at radius 2 is 1.72 bits per heavy atom. The maximum absolute atomic E-state index is 8.95. The predicted molar refractivity (Wildman–Crippen MR) is 117 cm³/mol. The Labute approximate surface area is 172 Å². The summed E-state index contributed by atoms with van der Waals surface area (Å²) in [5, 5.41) is 3.23. The van der Waals surface area contributed by atoms with Gasteiger partial charge in [0.25, 0.3) is 6.47 Å². The lowest BCUT2D eigenvalue weighted by atomic mass is 10.1. The molecule has 0 unspecified atom stereocenters. The van der Waals surface area contributed by atoms with Crippen LogP contribution >= 0.6 is 0 Å². The van der Waals surface area contributed by atoms with Crippen molar-refractivity contribution in [2.24, 2.45) is 0 Å². The first-order valence-corrected chi connectivity index (χ1v) is 9.40. The molecule has 2 aromatic carbocycles. The Bertz CT molecular complexity index is 955. The van der Waals surface area contributed by atoms with Crippen LogP contribution in [0.4, 0.5) is 5.69 Å². The topological polar surface area (TPSA) is 60.4 Å². The summed E-state index contributed by atoms with van der Waals surface area (Å²) in [6, 6.07) is 18.6. The Balaban J connectivity index is 0.000000687. The zero-order chi connectivity index (χ0) is 21.2. The SMILES string of the molecule is CNc1cccc(C)c1COc1ccc(-c2cccc(C)n2)cc1C.COC=O. The van der Waals surface area contributed by atoms with Crippen molar-refractivity contribution in [1.29, 1.82) is 0 Å². The molecule has 29 heavy (non-hydrogen) atoms.